The molecule has 2 rings (SSSR count). The molecule has 0 saturated carbocycles. The molecule has 9 heteroatoms. The zero-order valence-electron chi connectivity index (χ0n) is 11.2. The van der Waals surface area contributed by atoms with Crippen LogP contribution in [0.25, 0.3) is 0 Å². The highest BCUT2D eigenvalue weighted by molar-refractivity contribution is 7.59. The van der Waals surface area contributed by atoms with E-state index in [9.17, 15) is 18.0 Å². The van der Waals surface area contributed by atoms with Crippen molar-refractivity contribution >= 4 is 51.0 Å². The van der Waals surface area contributed by atoms with Crippen molar-refractivity contribution in [2.75, 3.05) is 11.9 Å². The predicted octanol–water partition coefficient (Wildman–Crippen LogP) is 2.69. The lowest BCUT2D eigenvalue weighted by atomic mass is 10.1. The molecular weight excluding hydrogens is 345 g/mol. The van der Waals surface area contributed by atoms with Gasteiger partial charge in [-0.3, -0.25) is 4.79 Å². The van der Waals surface area contributed by atoms with Crippen LogP contribution in [-0.2, 0) is 4.79 Å². The van der Waals surface area contributed by atoms with E-state index < -0.39 is 17.5 Å². The first-order valence-corrected chi connectivity index (χ1v) is 5.66. The highest BCUT2D eigenvalue weighted by Crippen LogP contribution is 2.20. The summed E-state index contributed by atoms with van der Waals surface area (Å²) >= 11 is 0. The molecule has 21 heavy (non-hydrogen) atoms. The summed E-state index contributed by atoms with van der Waals surface area (Å²) < 4.78 is 38.6. The van der Waals surface area contributed by atoms with Gasteiger partial charge in [-0.25, -0.2) is 13.2 Å². The number of rotatable bonds is 2. The third-order valence-corrected chi connectivity index (χ3v) is 2.97. The van der Waals surface area contributed by atoms with Crippen molar-refractivity contribution in [2.45, 2.75) is 19.4 Å². The Hall–Kier alpha value is -0.570. The average molecular weight is 363 g/mol. The highest BCUT2D eigenvalue weighted by Gasteiger charge is 2.27. The van der Waals surface area contributed by atoms with Crippen LogP contribution >= 0.6 is 39.4 Å². The smallest absolute Gasteiger partial charge is 0.228 e. The van der Waals surface area contributed by atoms with Crippen LogP contribution in [0.4, 0.5) is 18.9 Å². The zero-order chi connectivity index (χ0) is 13.3. The van der Waals surface area contributed by atoms with Gasteiger partial charge >= 0.3 is 0 Å². The lowest BCUT2D eigenvalue weighted by Crippen LogP contribution is -2.24. The van der Waals surface area contributed by atoms with Gasteiger partial charge in [-0.15, -0.1) is 12.4 Å². The Morgan fingerprint density at radius 3 is 2.19 bits per heavy atom. The van der Waals surface area contributed by atoms with Gasteiger partial charge in [0, 0.05) is 30.4 Å². The summed E-state index contributed by atoms with van der Waals surface area (Å²) in [7, 11) is 0. The molecule has 122 valence electrons. The van der Waals surface area contributed by atoms with Crippen molar-refractivity contribution < 1.29 is 18.0 Å². The van der Waals surface area contributed by atoms with Gasteiger partial charge in [0.25, 0.3) is 0 Å². The normalized spacial score (nSPS) is 19.8. The standard InChI is InChI=1S/C12H13F3N2O.ClH.2H2S/c1-6-2-7(5-16-6)12(18)17-8-3-9(13)11(15)10(14)4-8;;;/h3-4,6-7,16H,2,5H2,1H3,(H,17,18);1H;2*1H2/t6-,7-;;;/m0.../s1. The van der Waals surface area contributed by atoms with Gasteiger partial charge in [-0.2, -0.15) is 27.0 Å². The maximum atomic E-state index is 13.0. The number of hydrogen-bond acceptors (Lipinski definition) is 2. The molecule has 1 aliphatic rings. The van der Waals surface area contributed by atoms with E-state index in [2.05, 4.69) is 10.6 Å². The molecular formula is C12H18ClF3N2OS2. The number of carbonyl (C=O) groups is 1. The minimum atomic E-state index is -1.54. The third-order valence-electron chi connectivity index (χ3n) is 2.97. The summed E-state index contributed by atoms with van der Waals surface area (Å²) in [5, 5.41) is 5.49. The summed E-state index contributed by atoms with van der Waals surface area (Å²) in [5.74, 6) is -4.73. The fraction of sp³-hybridized carbons (Fsp3) is 0.417. The Morgan fingerprint density at radius 1 is 1.24 bits per heavy atom. The first kappa shape index (κ1) is 22.7. The van der Waals surface area contributed by atoms with Crippen molar-refractivity contribution in [1.29, 1.82) is 0 Å². The minimum absolute atomic E-state index is 0. The van der Waals surface area contributed by atoms with Crippen molar-refractivity contribution in [1.82, 2.24) is 5.32 Å². The molecule has 1 aromatic carbocycles. The first-order valence-electron chi connectivity index (χ1n) is 5.66. The van der Waals surface area contributed by atoms with Crippen LogP contribution in [0.1, 0.15) is 13.3 Å². The second kappa shape index (κ2) is 9.45. The fourth-order valence-corrected chi connectivity index (χ4v) is 2.01. The number of halogens is 4. The lowest BCUT2D eigenvalue weighted by Gasteiger charge is -2.10. The van der Waals surface area contributed by atoms with E-state index >= 15 is 0 Å². The van der Waals surface area contributed by atoms with Crippen LogP contribution in [0.2, 0.25) is 0 Å². The topological polar surface area (TPSA) is 41.1 Å². The van der Waals surface area contributed by atoms with Crippen molar-refractivity contribution in [3.8, 4) is 0 Å². The van der Waals surface area contributed by atoms with Gasteiger partial charge in [0.15, 0.2) is 17.5 Å². The number of hydrogen-bond donors (Lipinski definition) is 2. The Morgan fingerprint density at radius 2 is 1.76 bits per heavy atom. The largest absolute Gasteiger partial charge is 0.326 e. The van der Waals surface area contributed by atoms with Crippen molar-refractivity contribution in [3.05, 3.63) is 29.6 Å². The van der Waals surface area contributed by atoms with Gasteiger partial charge in [0.1, 0.15) is 0 Å². The Balaban J connectivity index is 0. The molecule has 2 atom stereocenters. The number of carbonyl (C=O) groups excluding carboxylic acids is 1. The number of benzene rings is 1. The molecule has 1 aliphatic heterocycles. The molecule has 1 aromatic rings. The Labute approximate surface area is 141 Å². The van der Waals surface area contributed by atoms with Gasteiger partial charge in [-0.1, -0.05) is 0 Å². The van der Waals surface area contributed by atoms with E-state index in [1.807, 2.05) is 6.92 Å². The van der Waals surface area contributed by atoms with Crippen LogP contribution < -0.4 is 10.6 Å². The zero-order valence-corrected chi connectivity index (χ0v) is 14.0. The van der Waals surface area contributed by atoms with E-state index in [0.29, 0.717) is 13.0 Å². The van der Waals surface area contributed by atoms with E-state index in [0.717, 1.165) is 12.1 Å². The molecule has 1 saturated heterocycles. The highest BCUT2D eigenvalue weighted by atomic mass is 35.5. The van der Waals surface area contributed by atoms with Crippen LogP contribution in [0.3, 0.4) is 0 Å². The van der Waals surface area contributed by atoms with Crippen molar-refractivity contribution in [3.63, 3.8) is 0 Å². The number of anilines is 1. The molecule has 1 fully saturated rings. The molecule has 0 unspecified atom stereocenters. The second-order valence-corrected chi connectivity index (χ2v) is 4.49. The maximum Gasteiger partial charge on any atom is 0.228 e. The summed E-state index contributed by atoms with van der Waals surface area (Å²) in [6.45, 7) is 2.48. The average Bonchev–Trinajstić information content (AvgIpc) is 2.72. The van der Waals surface area contributed by atoms with Crippen LogP contribution in [0.5, 0.6) is 0 Å². The van der Waals surface area contributed by atoms with E-state index in [1.165, 1.54) is 0 Å². The molecule has 0 radical (unpaired) electrons. The van der Waals surface area contributed by atoms with Crippen LogP contribution in [0.15, 0.2) is 12.1 Å². The van der Waals surface area contributed by atoms with E-state index in [1.54, 1.807) is 0 Å². The Kier molecular flexibility index (Phi) is 10.2. The monoisotopic (exact) mass is 362 g/mol. The number of amides is 1. The third kappa shape index (κ3) is 5.61. The van der Waals surface area contributed by atoms with Gasteiger partial charge in [-0.05, 0) is 13.3 Å². The molecule has 0 bridgehead atoms. The molecule has 0 aliphatic carbocycles. The SMILES string of the molecule is C[C@H]1C[C@H](C(=O)Nc2cc(F)c(F)c(F)c2)CN1.Cl.S.S. The summed E-state index contributed by atoms with van der Waals surface area (Å²) in [6, 6.07) is 1.77. The lowest BCUT2D eigenvalue weighted by molar-refractivity contribution is -0.119. The second-order valence-electron chi connectivity index (χ2n) is 4.49. The molecule has 0 aromatic heterocycles. The minimum Gasteiger partial charge on any atom is -0.326 e. The van der Waals surface area contributed by atoms with Crippen LogP contribution in [-0.4, -0.2) is 18.5 Å². The predicted molar refractivity (Wildman–Crippen MR) is 88.5 cm³/mol. The van der Waals surface area contributed by atoms with E-state index in [4.69, 9.17) is 0 Å². The van der Waals surface area contributed by atoms with Gasteiger partial charge in [0.05, 0.1) is 5.92 Å². The Bertz CT molecular complexity index is 471. The molecule has 1 amide bonds. The van der Waals surface area contributed by atoms with E-state index in [-0.39, 0.29) is 63.0 Å². The molecule has 2 N–H and O–H groups in total. The first-order chi connectivity index (χ1) is 8.47. The van der Waals surface area contributed by atoms with Gasteiger partial charge in [0.2, 0.25) is 5.91 Å². The fourth-order valence-electron chi connectivity index (χ4n) is 2.01. The molecule has 1 heterocycles. The summed E-state index contributed by atoms with van der Waals surface area (Å²) in [4.78, 5) is 11.8. The van der Waals surface area contributed by atoms with Crippen LogP contribution in [0, 0.1) is 23.4 Å². The maximum absolute atomic E-state index is 13.0. The summed E-state index contributed by atoms with van der Waals surface area (Å²) in [5.41, 5.74) is -0.0732. The summed E-state index contributed by atoms with van der Waals surface area (Å²) in [6.07, 6.45) is 0.665. The number of nitrogens with one attached hydrogen (secondary N) is 2. The quantitative estimate of drug-likeness (QED) is 0.794. The van der Waals surface area contributed by atoms with Crippen molar-refractivity contribution in [2.24, 2.45) is 5.92 Å². The molecule has 0 spiro atoms. The molecule has 3 nitrogen and oxygen atoms in total. The van der Waals surface area contributed by atoms with Gasteiger partial charge < -0.3 is 10.6 Å².